The van der Waals surface area contributed by atoms with E-state index in [2.05, 4.69) is 22.6 Å². The van der Waals surface area contributed by atoms with E-state index in [4.69, 9.17) is 10.5 Å². The fourth-order valence-corrected chi connectivity index (χ4v) is 2.49. The van der Waals surface area contributed by atoms with Crippen molar-refractivity contribution in [1.29, 1.82) is 0 Å². The third kappa shape index (κ3) is 3.49. The monoisotopic (exact) mass is 385 g/mol. The Morgan fingerprint density at radius 1 is 1.15 bits per heavy atom. The van der Waals surface area contributed by atoms with E-state index in [9.17, 15) is 4.39 Å². The third-order valence-electron chi connectivity index (χ3n) is 3.16. The second-order valence-corrected chi connectivity index (χ2v) is 5.72. The van der Waals surface area contributed by atoms with Crippen LogP contribution in [0.15, 0.2) is 48.5 Å². The van der Waals surface area contributed by atoms with Gasteiger partial charge in [-0.15, -0.1) is 0 Å². The molecule has 0 radical (unpaired) electrons. The van der Waals surface area contributed by atoms with Gasteiger partial charge in [0.25, 0.3) is 0 Å². The maximum absolute atomic E-state index is 14.0. The van der Waals surface area contributed by atoms with Crippen LogP contribution in [0.5, 0.6) is 5.75 Å². The van der Waals surface area contributed by atoms with Gasteiger partial charge in [0.05, 0.1) is 3.57 Å². The Morgan fingerprint density at radius 2 is 1.80 bits per heavy atom. The van der Waals surface area contributed by atoms with Gasteiger partial charge in [-0.05, 0) is 47.2 Å². The van der Waals surface area contributed by atoms with Crippen molar-refractivity contribution in [3.05, 3.63) is 63.5 Å². The van der Waals surface area contributed by atoms with Crippen molar-refractivity contribution >= 4 is 22.6 Å². The van der Waals surface area contributed by atoms with Crippen LogP contribution in [0.2, 0.25) is 0 Å². The maximum Gasteiger partial charge on any atom is 0.142 e. The van der Waals surface area contributed by atoms with Gasteiger partial charge in [-0.25, -0.2) is 4.39 Å². The summed E-state index contributed by atoms with van der Waals surface area (Å²) in [6, 6.07) is 14.0. The lowest BCUT2D eigenvalue weighted by Gasteiger charge is -2.25. The summed E-state index contributed by atoms with van der Waals surface area (Å²) in [5.74, 6) is 0.442. The predicted octanol–water partition coefficient (Wildman–Crippen LogP) is 4.29. The van der Waals surface area contributed by atoms with Gasteiger partial charge in [-0.2, -0.15) is 0 Å². The van der Waals surface area contributed by atoms with Crippen molar-refractivity contribution in [2.24, 2.45) is 5.73 Å². The zero-order valence-corrected chi connectivity index (χ0v) is 13.4. The standard InChI is InChI=1S/C16H17FINO/c1-2-14(19)16(11-7-3-4-8-12(11)17)20-15-10-6-5-9-13(15)18/h3-10,14,16H,2,19H2,1H3. The van der Waals surface area contributed by atoms with Gasteiger partial charge < -0.3 is 10.5 Å². The summed E-state index contributed by atoms with van der Waals surface area (Å²) in [5, 5.41) is 0. The zero-order chi connectivity index (χ0) is 14.5. The molecule has 2 atom stereocenters. The Balaban J connectivity index is 2.35. The van der Waals surface area contributed by atoms with Crippen molar-refractivity contribution in [2.45, 2.75) is 25.5 Å². The van der Waals surface area contributed by atoms with E-state index in [1.807, 2.05) is 31.2 Å². The fraction of sp³-hybridized carbons (Fsp3) is 0.250. The summed E-state index contributed by atoms with van der Waals surface area (Å²) in [7, 11) is 0. The van der Waals surface area contributed by atoms with Crippen LogP contribution < -0.4 is 10.5 Å². The highest BCUT2D eigenvalue weighted by atomic mass is 127. The largest absolute Gasteiger partial charge is 0.483 e. The molecule has 0 fully saturated rings. The van der Waals surface area contributed by atoms with Crippen molar-refractivity contribution in [1.82, 2.24) is 0 Å². The molecule has 0 spiro atoms. The first kappa shape index (κ1) is 15.3. The molecule has 20 heavy (non-hydrogen) atoms. The van der Waals surface area contributed by atoms with E-state index >= 15 is 0 Å². The lowest BCUT2D eigenvalue weighted by atomic mass is 10.0. The Labute approximate surface area is 132 Å². The van der Waals surface area contributed by atoms with Crippen LogP contribution in [-0.2, 0) is 0 Å². The Bertz CT molecular complexity index is 576. The number of para-hydroxylation sites is 1. The van der Waals surface area contributed by atoms with Crippen LogP contribution in [0.25, 0.3) is 0 Å². The number of hydrogen-bond donors (Lipinski definition) is 1. The molecule has 0 heterocycles. The number of hydrogen-bond acceptors (Lipinski definition) is 2. The molecule has 2 N–H and O–H groups in total. The topological polar surface area (TPSA) is 35.2 Å². The lowest BCUT2D eigenvalue weighted by molar-refractivity contribution is 0.165. The molecule has 2 nitrogen and oxygen atoms in total. The summed E-state index contributed by atoms with van der Waals surface area (Å²) in [6.07, 6.45) is 0.222. The molecule has 2 unspecified atom stereocenters. The van der Waals surface area contributed by atoms with E-state index in [-0.39, 0.29) is 11.9 Å². The summed E-state index contributed by atoms with van der Waals surface area (Å²) in [6.45, 7) is 1.97. The summed E-state index contributed by atoms with van der Waals surface area (Å²) < 4.78 is 21.0. The molecule has 0 saturated heterocycles. The molecular formula is C16H17FINO. The summed E-state index contributed by atoms with van der Waals surface area (Å²) >= 11 is 2.20. The number of ether oxygens (including phenoxy) is 1. The molecule has 0 aromatic heterocycles. The maximum atomic E-state index is 14.0. The third-order valence-corrected chi connectivity index (χ3v) is 4.05. The van der Waals surface area contributed by atoms with Gasteiger partial charge in [-0.3, -0.25) is 0 Å². The Hall–Kier alpha value is -1.14. The van der Waals surface area contributed by atoms with E-state index in [0.717, 1.165) is 9.32 Å². The number of nitrogens with two attached hydrogens (primary N) is 1. The van der Waals surface area contributed by atoms with Crippen LogP contribution in [0.1, 0.15) is 25.0 Å². The molecular weight excluding hydrogens is 368 g/mol. The highest BCUT2D eigenvalue weighted by Crippen LogP contribution is 2.30. The Kier molecular flexibility index (Phi) is 5.37. The SMILES string of the molecule is CCC(N)C(Oc1ccccc1I)c1ccccc1F. The second kappa shape index (κ2) is 7.04. The van der Waals surface area contributed by atoms with Gasteiger partial charge in [0.1, 0.15) is 17.7 Å². The normalized spacial score (nSPS) is 13.8. The number of rotatable bonds is 5. The molecule has 0 bridgehead atoms. The Morgan fingerprint density at radius 3 is 2.45 bits per heavy atom. The van der Waals surface area contributed by atoms with Crippen LogP contribution in [0, 0.1) is 9.39 Å². The number of halogens is 2. The molecule has 4 heteroatoms. The minimum absolute atomic E-state index is 0.261. The average Bonchev–Trinajstić information content (AvgIpc) is 2.47. The van der Waals surface area contributed by atoms with Gasteiger partial charge in [0.15, 0.2) is 0 Å². The first-order valence-corrected chi connectivity index (χ1v) is 7.62. The van der Waals surface area contributed by atoms with Gasteiger partial charge in [0.2, 0.25) is 0 Å². The molecule has 2 aromatic carbocycles. The first-order valence-electron chi connectivity index (χ1n) is 6.54. The van der Waals surface area contributed by atoms with Crippen LogP contribution in [-0.4, -0.2) is 6.04 Å². The average molecular weight is 385 g/mol. The van der Waals surface area contributed by atoms with Crippen molar-refractivity contribution in [3.8, 4) is 5.75 Å². The molecule has 0 saturated carbocycles. The molecule has 0 aliphatic carbocycles. The summed E-state index contributed by atoms with van der Waals surface area (Å²) in [5.41, 5.74) is 6.62. The van der Waals surface area contributed by atoms with Crippen LogP contribution >= 0.6 is 22.6 Å². The quantitative estimate of drug-likeness (QED) is 0.780. The van der Waals surface area contributed by atoms with Crippen molar-refractivity contribution in [2.75, 3.05) is 0 Å². The van der Waals surface area contributed by atoms with Gasteiger partial charge in [0, 0.05) is 11.6 Å². The van der Waals surface area contributed by atoms with Crippen molar-refractivity contribution < 1.29 is 9.13 Å². The van der Waals surface area contributed by atoms with Crippen LogP contribution in [0.4, 0.5) is 4.39 Å². The molecule has 2 aromatic rings. The van der Waals surface area contributed by atoms with E-state index in [0.29, 0.717) is 12.0 Å². The van der Waals surface area contributed by atoms with Gasteiger partial charge >= 0.3 is 0 Å². The highest BCUT2D eigenvalue weighted by Gasteiger charge is 2.24. The highest BCUT2D eigenvalue weighted by molar-refractivity contribution is 14.1. The number of benzene rings is 2. The fourth-order valence-electron chi connectivity index (χ4n) is 1.98. The summed E-state index contributed by atoms with van der Waals surface area (Å²) in [4.78, 5) is 0. The van der Waals surface area contributed by atoms with Gasteiger partial charge in [-0.1, -0.05) is 37.3 Å². The predicted molar refractivity (Wildman–Crippen MR) is 87.2 cm³/mol. The lowest BCUT2D eigenvalue weighted by Crippen LogP contribution is -2.32. The van der Waals surface area contributed by atoms with E-state index < -0.39 is 6.10 Å². The molecule has 106 valence electrons. The smallest absolute Gasteiger partial charge is 0.142 e. The second-order valence-electron chi connectivity index (χ2n) is 4.56. The van der Waals surface area contributed by atoms with Crippen molar-refractivity contribution in [3.63, 3.8) is 0 Å². The van der Waals surface area contributed by atoms with Crippen LogP contribution in [0.3, 0.4) is 0 Å². The molecule has 2 rings (SSSR count). The molecule has 0 aliphatic rings. The van der Waals surface area contributed by atoms with E-state index in [1.165, 1.54) is 6.07 Å². The minimum Gasteiger partial charge on any atom is -0.483 e. The minimum atomic E-state index is -0.489. The zero-order valence-electron chi connectivity index (χ0n) is 11.2. The first-order chi connectivity index (χ1) is 9.63. The molecule has 0 amide bonds. The van der Waals surface area contributed by atoms with E-state index in [1.54, 1.807) is 18.2 Å². The molecule has 0 aliphatic heterocycles.